The van der Waals surface area contributed by atoms with Crippen molar-refractivity contribution in [1.29, 1.82) is 0 Å². The van der Waals surface area contributed by atoms with Crippen LogP contribution in [-0.2, 0) is 22.6 Å². The van der Waals surface area contributed by atoms with E-state index in [9.17, 15) is 14.0 Å². The van der Waals surface area contributed by atoms with Crippen molar-refractivity contribution >= 4 is 11.8 Å². The molecule has 0 aromatic heterocycles. The van der Waals surface area contributed by atoms with E-state index in [1.165, 1.54) is 22.6 Å². The SMILES string of the molecule is CCc1ccc(OCC(=O)N(Cc2ccc(F)cc2)C(C)C(=O)NC(C)C)cc1. The zero-order chi connectivity index (χ0) is 21.4. The standard InChI is InChI=1S/C23H29FN2O3/c1-5-18-8-12-21(13-9-18)29-15-22(27)26(17(4)23(28)25-16(2)3)14-19-6-10-20(24)11-7-19/h6-13,16-17H,5,14-15H2,1-4H3,(H,25,28). The van der Waals surface area contributed by atoms with E-state index >= 15 is 0 Å². The van der Waals surface area contributed by atoms with Crippen LogP contribution in [0.15, 0.2) is 48.5 Å². The molecule has 2 aromatic carbocycles. The molecule has 0 aliphatic heterocycles. The van der Waals surface area contributed by atoms with Crippen LogP contribution in [0, 0.1) is 5.82 Å². The van der Waals surface area contributed by atoms with Crippen LogP contribution in [0.5, 0.6) is 5.75 Å². The van der Waals surface area contributed by atoms with Crippen molar-refractivity contribution in [3.63, 3.8) is 0 Å². The zero-order valence-corrected chi connectivity index (χ0v) is 17.4. The lowest BCUT2D eigenvalue weighted by atomic mass is 10.1. The van der Waals surface area contributed by atoms with E-state index < -0.39 is 6.04 Å². The number of rotatable bonds is 9. The average molecular weight is 400 g/mol. The summed E-state index contributed by atoms with van der Waals surface area (Å²) < 4.78 is 18.8. The minimum atomic E-state index is -0.693. The van der Waals surface area contributed by atoms with Crippen molar-refractivity contribution in [3.8, 4) is 5.75 Å². The Morgan fingerprint density at radius 1 is 1.00 bits per heavy atom. The van der Waals surface area contributed by atoms with Gasteiger partial charge >= 0.3 is 0 Å². The van der Waals surface area contributed by atoms with Crippen molar-refractivity contribution in [2.24, 2.45) is 0 Å². The topological polar surface area (TPSA) is 58.6 Å². The second kappa shape index (κ2) is 10.6. The summed E-state index contributed by atoms with van der Waals surface area (Å²) in [6, 6.07) is 12.7. The highest BCUT2D eigenvalue weighted by atomic mass is 19.1. The minimum Gasteiger partial charge on any atom is -0.484 e. The van der Waals surface area contributed by atoms with Crippen LogP contribution >= 0.6 is 0 Å². The molecule has 29 heavy (non-hydrogen) atoms. The number of carbonyl (C=O) groups excluding carboxylic acids is 2. The van der Waals surface area contributed by atoms with Gasteiger partial charge in [0, 0.05) is 12.6 Å². The Morgan fingerprint density at radius 3 is 2.14 bits per heavy atom. The third-order valence-electron chi connectivity index (χ3n) is 4.56. The van der Waals surface area contributed by atoms with Crippen LogP contribution in [0.4, 0.5) is 4.39 Å². The molecular formula is C23H29FN2O3. The molecule has 0 bridgehead atoms. The fraction of sp³-hybridized carbons (Fsp3) is 0.391. The zero-order valence-electron chi connectivity index (χ0n) is 17.4. The van der Waals surface area contributed by atoms with Gasteiger partial charge in [0.1, 0.15) is 17.6 Å². The first kappa shape index (κ1) is 22.4. The largest absolute Gasteiger partial charge is 0.484 e. The molecular weight excluding hydrogens is 371 g/mol. The summed E-state index contributed by atoms with van der Waals surface area (Å²) >= 11 is 0. The minimum absolute atomic E-state index is 0.0407. The molecule has 1 atom stereocenters. The molecule has 0 aliphatic rings. The molecule has 2 aromatic rings. The number of amides is 2. The van der Waals surface area contributed by atoms with E-state index in [1.807, 2.05) is 38.1 Å². The highest BCUT2D eigenvalue weighted by Crippen LogP contribution is 2.15. The average Bonchev–Trinajstić information content (AvgIpc) is 2.71. The molecule has 0 saturated heterocycles. The Labute approximate surface area is 171 Å². The monoisotopic (exact) mass is 400 g/mol. The second-order valence-electron chi connectivity index (χ2n) is 7.27. The van der Waals surface area contributed by atoms with Crippen molar-refractivity contribution < 1.29 is 18.7 Å². The third kappa shape index (κ3) is 6.89. The van der Waals surface area contributed by atoms with Gasteiger partial charge in [-0.3, -0.25) is 9.59 Å². The molecule has 0 aliphatic carbocycles. The normalized spacial score (nSPS) is 11.8. The second-order valence-corrected chi connectivity index (χ2v) is 7.27. The summed E-state index contributed by atoms with van der Waals surface area (Å²) in [5, 5.41) is 2.83. The van der Waals surface area contributed by atoms with Crippen LogP contribution < -0.4 is 10.1 Å². The highest BCUT2D eigenvalue weighted by molar-refractivity contribution is 5.88. The highest BCUT2D eigenvalue weighted by Gasteiger charge is 2.26. The molecule has 156 valence electrons. The van der Waals surface area contributed by atoms with Gasteiger partial charge < -0.3 is 15.0 Å². The summed E-state index contributed by atoms with van der Waals surface area (Å²) in [7, 11) is 0. The van der Waals surface area contributed by atoms with E-state index in [-0.39, 0.29) is 36.8 Å². The number of carbonyl (C=O) groups is 2. The van der Waals surface area contributed by atoms with Crippen LogP contribution in [0.1, 0.15) is 38.8 Å². The van der Waals surface area contributed by atoms with E-state index in [0.29, 0.717) is 5.75 Å². The first-order valence-corrected chi connectivity index (χ1v) is 9.86. The summed E-state index contributed by atoms with van der Waals surface area (Å²) in [6.45, 7) is 7.46. The predicted octanol–water partition coefficient (Wildman–Crippen LogP) is 3.71. The fourth-order valence-electron chi connectivity index (χ4n) is 2.82. The van der Waals surface area contributed by atoms with Gasteiger partial charge in [0.15, 0.2) is 6.61 Å². The van der Waals surface area contributed by atoms with Gasteiger partial charge in [-0.15, -0.1) is 0 Å². The third-order valence-corrected chi connectivity index (χ3v) is 4.56. The van der Waals surface area contributed by atoms with Gasteiger partial charge in [-0.2, -0.15) is 0 Å². The molecule has 2 rings (SSSR count). The van der Waals surface area contributed by atoms with Crippen LogP contribution in [0.2, 0.25) is 0 Å². The Balaban J connectivity index is 2.11. The van der Waals surface area contributed by atoms with Crippen molar-refractivity contribution in [2.45, 2.75) is 52.7 Å². The lowest BCUT2D eigenvalue weighted by Gasteiger charge is -2.29. The van der Waals surface area contributed by atoms with Gasteiger partial charge in [-0.05, 0) is 62.6 Å². The van der Waals surface area contributed by atoms with Crippen molar-refractivity contribution in [1.82, 2.24) is 10.2 Å². The van der Waals surface area contributed by atoms with E-state index in [1.54, 1.807) is 19.1 Å². The van der Waals surface area contributed by atoms with Gasteiger partial charge in [0.2, 0.25) is 5.91 Å². The van der Waals surface area contributed by atoms with Crippen molar-refractivity contribution in [3.05, 3.63) is 65.5 Å². The molecule has 1 N–H and O–H groups in total. The predicted molar refractivity (Wildman–Crippen MR) is 111 cm³/mol. The van der Waals surface area contributed by atoms with Gasteiger partial charge in [-0.1, -0.05) is 31.2 Å². The molecule has 0 heterocycles. The molecule has 6 heteroatoms. The summed E-state index contributed by atoms with van der Waals surface area (Å²) in [4.78, 5) is 26.8. The Kier molecular flexibility index (Phi) is 8.19. The number of ether oxygens (including phenoxy) is 1. The van der Waals surface area contributed by atoms with Gasteiger partial charge in [0.25, 0.3) is 5.91 Å². The Morgan fingerprint density at radius 2 is 1.59 bits per heavy atom. The van der Waals surface area contributed by atoms with E-state index in [2.05, 4.69) is 12.2 Å². The maximum absolute atomic E-state index is 13.2. The number of halogens is 1. The summed E-state index contributed by atoms with van der Waals surface area (Å²) in [5.74, 6) is -0.323. The Bertz CT molecular complexity index is 804. The van der Waals surface area contributed by atoms with Crippen LogP contribution in [0.3, 0.4) is 0 Å². The van der Waals surface area contributed by atoms with Crippen molar-refractivity contribution in [2.75, 3.05) is 6.61 Å². The molecule has 5 nitrogen and oxygen atoms in total. The molecule has 0 radical (unpaired) electrons. The molecule has 0 fully saturated rings. The number of aryl methyl sites for hydroxylation is 1. The first-order valence-electron chi connectivity index (χ1n) is 9.86. The maximum Gasteiger partial charge on any atom is 0.261 e. The Hall–Kier alpha value is -2.89. The number of benzene rings is 2. The molecule has 1 unspecified atom stereocenters. The molecule has 0 spiro atoms. The van der Waals surface area contributed by atoms with Crippen LogP contribution in [-0.4, -0.2) is 35.4 Å². The fourth-order valence-corrected chi connectivity index (χ4v) is 2.82. The summed E-state index contributed by atoms with van der Waals surface area (Å²) in [6.07, 6.45) is 0.924. The van der Waals surface area contributed by atoms with E-state index in [4.69, 9.17) is 4.74 Å². The van der Waals surface area contributed by atoms with Gasteiger partial charge in [0.05, 0.1) is 0 Å². The smallest absolute Gasteiger partial charge is 0.261 e. The molecule has 2 amide bonds. The number of nitrogens with zero attached hydrogens (tertiary/aromatic N) is 1. The van der Waals surface area contributed by atoms with Gasteiger partial charge in [-0.25, -0.2) is 4.39 Å². The number of hydrogen-bond acceptors (Lipinski definition) is 3. The molecule has 0 saturated carbocycles. The quantitative estimate of drug-likeness (QED) is 0.698. The number of nitrogens with one attached hydrogen (secondary N) is 1. The first-order chi connectivity index (χ1) is 13.8. The lowest BCUT2D eigenvalue weighted by molar-refractivity contribution is -0.142. The van der Waals surface area contributed by atoms with E-state index in [0.717, 1.165) is 12.0 Å². The lowest BCUT2D eigenvalue weighted by Crippen LogP contribution is -2.50. The van der Waals surface area contributed by atoms with Crippen LogP contribution in [0.25, 0.3) is 0 Å². The number of hydrogen-bond donors (Lipinski definition) is 1. The summed E-state index contributed by atoms with van der Waals surface area (Å²) in [5.41, 5.74) is 1.91. The maximum atomic E-state index is 13.2.